The molecule has 5 rings (SSSR count). The number of ether oxygens (including phenoxy) is 2. The molecule has 0 fully saturated rings. The van der Waals surface area contributed by atoms with Crippen LogP contribution < -0.4 is 9.47 Å². The predicted molar refractivity (Wildman–Crippen MR) is 147 cm³/mol. The van der Waals surface area contributed by atoms with E-state index in [0.717, 1.165) is 19.2 Å². The van der Waals surface area contributed by atoms with E-state index in [0.29, 0.717) is 12.1 Å². The van der Waals surface area contributed by atoms with Gasteiger partial charge < -0.3 is 9.47 Å². The maximum absolute atomic E-state index is 15.2. The van der Waals surface area contributed by atoms with Gasteiger partial charge in [-0.05, 0) is 47.5 Å². The molecule has 12 heteroatoms. The molecule has 0 aliphatic carbocycles. The molecule has 2 nitrogen and oxygen atoms in total. The van der Waals surface area contributed by atoms with Crippen molar-refractivity contribution >= 4 is 0 Å². The molecule has 0 amide bonds. The van der Waals surface area contributed by atoms with Gasteiger partial charge in [0.1, 0.15) is 51.7 Å². The van der Waals surface area contributed by atoms with Gasteiger partial charge in [-0.2, -0.15) is 8.78 Å². The van der Waals surface area contributed by atoms with E-state index < -0.39 is 75.1 Å². The fourth-order valence-electron chi connectivity index (χ4n) is 4.48. The summed E-state index contributed by atoms with van der Waals surface area (Å²) in [6.07, 6.45) is -4.81. The summed E-state index contributed by atoms with van der Waals surface area (Å²) in [6, 6.07) is 12.6. The van der Waals surface area contributed by atoms with Crippen LogP contribution in [0.2, 0.25) is 0 Å². The first-order valence-corrected chi connectivity index (χ1v) is 12.9. The van der Waals surface area contributed by atoms with E-state index in [1.54, 1.807) is 6.07 Å². The normalized spacial score (nSPS) is 11.2. The molecule has 0 radical (unpaired) electrons. The van der Waals surface area contributed by atoms with Gasteiger partial charge in [-0.3, -0.25) is 0 Å². The third-order valence-electron chi connectivity index (χ3n) is 6.61. The Hall–Kier alpha value is -5.44. The number of hydrogen-bond donors (Lipinski definition) is 0. The van der Waals surface area contributed by atoms with Crippen molar-refractivity contribution in [1.29, 1.82) is 0 Å². The van der Waals surface area contributed by atoms with Crippen LogP contribution in [0.15, 0.2) is 78.9 Å². The van der Waals surface area contributed by atoms with Crippen LogP contribution in [0.1, 0.15) is 16.7 Å². The van der Waals surface area contributed by atoms with Gasteiger partial charge >= 0.3 is 6.11 Å². The van der Waals surface area contributed by atoms with Crippen LogP contribution in [0.4, 0.5) is 43.9 Å². The predicted octanol–water partition coefficient (Wildman–Crippen LogP) is 9.67. The molecule has 46 heavy (non-hydrogen) atoms. The highest BCUT2D eigenvalue weighted by Crippen LogP contribution is 2.37. The van der Waals surface area contributed by atoms with Crippen molar-refractivity contribution in [1.82, 2.24) is 0 Å². The van der Waals surface area contributed by atoms with Gasteiger partial charge in [-0.25, -0.2) is 35.1 Å². The van der Waals surface area contributed by atoms with E-state index in [1.807, 2.05) is 0 Å². The first-order chi connectivity index (χ1) is 21.8. The second kappa shape index (κ2) is 12.5. The van der Waals surface area contributed by atoms with Crippen molar-refractivity contribution in [2.24, 2.45) is 0 Å². The number of methoxy groups -OCH3 is 1. The minimum absolute atomic E-state index is 0.0158. The van der Waals surface area contributed by atoms with Crippen LogP contribution in [0.3, 0.4) is 0 Å². The largest absolute Gasteiger partial charge is 0.495 e. The van der Waals surface area contributed by atoms with Gasteiger partial charge in [-0.1, -0.05) is 42.2 Å². The molecule has 0 N–H and O–H groups in total. The molecule has 234 valence electrons. The number of benzene rings is 5. The Morgan fingerprint density at radius 2 is 1.17 bits per heavy atom. The van der Waals surface area contributed by atoms with E-state index >= 15 is 8.78 Å². The van der Waals surface area contributed by atoms with Gasteiger partial charge in [0, 0.05) is 28.8 Å². The number of alkyl halides is 2. The van der Waals surface area contributed by atoms with Crippen molar-refractivity contribution in [2.75, 3.05) is 7.11 Å². The Kier molecular flexibility index (Phi) is 8.70. The molecule has 0 saturated carbocycles. The molecule has 0 aliphatic heterocycles. The summed E-state index contributed by atoms with van der Waals surface area (Å²) in [6.45, 7) is 0. The van der Waals surface area contributed by atoms with Crippen LogP contribution in [0.25, 0.3) is 22.3 Å². The van der Waals surface area contributed by atoms with Crippen molar-refractivity contribution in [3.05, 3.63) is 142 Å². The van der Waals surface area contributed by atoms with Crippen LogP contribution in [0.5, 0.6) is 11.5 Å². The van der Waals surface area contributed by atoms with Gasteiger partial charge in [-0.15, -0.1) is 0 Å². The standard InChI is InChI=1S/C34H16F10O2/c1-45-31-14-19(22-9-7-18(12-25(22)36)21-4-2-3-5-24(21)35)13-26(37)23(31)8-6-17-10-27(38)32(28(39)11-17)34(43,44)46-20-15-29(40)33(42)30(41)16-20/h2-5,7,9-16H,1H3. The second-order valence-electron chi connectivity index (χ2n) is 9.59. The first-order valence-electron chi connectivity index (χ1n) is 12.9. The fraction of sp³-hybridized carbons (Fsp3) is 0.0588. The average Bonchev–Trinajstić information content (AvgIpc) is 2.98. The van der Waals surface area contributed by atoms with Crippen LogP contribution in [-0.4, -0.2) is 7.11 Å². The summed E-state index contributed by atoms with van der Waals surface area (Å²) in [7, 11) is 1.15. The Morgan fingerprint density at radius 3 is 1.78 bits per heavy atom. The van der Waals surface area contributed by atoms with Crippen molar-refractivity contribution in [3.8, 4) is 45.6 Å². The van der Waals surface area contributed by atoms with E-state index in [2.05, 4.69) is 16.6 Å². The summed E-state index contributed by atoms with van der Waals surface area (Å²) >= 11 is 0. The molecule has 0 unspecified atom stereocenters. The molecule has 5 aromatic carbocycles. The topological polar surface area (TPSA) is 18.5 Å². The van der Waals surface area contributed by atoms with E-state index in [1.165, 1.54) is 36.4 Å². The third-order valence-corrected chi connectivity index (χ3v) is 6.61. The Morgan fingerprint density at radius 1 is 0.565 bits per heavy atom. The lowest BCUT2D eigenvalue weighted by molar-refractivity contribution is -0.189. The summed E-state index contributed by atoms with van der Waals surface area (Å²) in [5.74, 6) is -8.84. The maximum atomic E-state index is 15.2. The summed E-state index contributed by atoms with van der Waals surface area (Å²) < 4.78 is 152. The van der Waals surface area contributed by atoms with Crippen LogP contribution >= 0.6 is 0 Å². The highest BCUT2D eigenvalue weighted by molar-refractivity contribution is 5.73. The highest BCUT2D eigenvalue weighted by atomic mass is 19.3. The molecule has 0 saturated heterocycles. The monoisotopic (exact) mass is 646 g/mol. The molecule has 0 atom stereocenters. The summed E-state index contributed by atoms with van der Waals surface area (Å²) in [5, 5.41) is 0. The van der Waals surface area contributed by atoms with E-state index in [-0.39, 0.29) is 40.1 Å². The molecule has 0 aliphatic rings. The quantitative estimate of drug-likeness (QED) is 0.104. The zero-order chi connectivity index (χ0) is 33.3. The Labute approximate surface area is 254 Å². The van der Waals surface area contributed by atoms with E-state index in [4.69, 9.17) is 4.74 Å². The second-order valence-corrected chi connectivity index (χ2v) is 9.59. The van der Waals surface area contributed by atoms with Crippen LogP contribution in [0, 0.1) is 58.4 Å². The van der Waals surface area contributed by atoms with Crippen molar-refractivity contribution in [3.63, 3.8) is 0 Å². The minimum atomic E-state index is -4.81. The summed E-state index contributed by atoms with van der Waals surface area (Å²) in [5.41, 5.74) is -2.56. The lowest BCUT2D eigenvalue weighted by Gasteiger charge is -2.19. The third kappa shape index (κ3) is 6.35. The van der Waals surface area contributed by atoms with Crippen LogP contribution in [-0.2, 0) is 6.11 Å². The van der Waals surface area contributed by atoms with Crippen molar-refractivity contribution in [2.45, 2.75) is 6.11 Å². The smallest absolute Gasteiger partial charge is 0.432 e. The molecule has 0 bridgehead atoms. The van der Waals surface area contributed by atoms with E-state index in [9.17, 15) is 35.1 Å². The zero-order valence-corrected chi connectivity index (χ0v) is 23.1. The van der Waals surface area contributed by atoms with Gasteiger partial charge in [0.15, 0.2) is 17.5 Å². The van der Waals surface area contributed by atoms with Gasteiger partial charge in [0.25, 0.3) is 0 Å². The molecule has 0 aromatic heterocycles. The highest BCUT2D eigenvalue weighted by Gasteiger charge is 2.41. The van der Waals surface area contributed by atoms with Gasteiger partial charge in [0.05, 0.1) is 7.11 Å². The summed E-state index contributed by atoms with van der Waals surface area (Å²) in [4.78, 5) is 0. The molecular formula is C34H16F10O2. The Bertz CT molecular complexity index is 2000. The van der Waals surface area contributed by atoms with Gasteiger partial charge in [0.2, 0.25) is 0 Å². The molecule has 0 spiro atoms. The maximum Gasteiger partial charge on any atom is 0.432 e. The Balaban J connectivity index is 1.44. The number of rotatable bonds is 6. The minimum Gasteiger partial charge on any atom is -0.495 e. The number of hydrogen-bond acceptors (Lipinski definition) is 2. The SMILES string of the molecule is COc1cc(-c2ccc(-c3ccccc3F)cc2F)cc(F)c1C#Cc1cc(F)c(C(F)(F)Oc2cc(F)c(F)c(F)c2)c(F)c1. The first kappa shape index (κ1) is 32.0. The molecule has 0 heterocycles. The molecular weight excluding hydrogens is 630 g/mol. The van der Waals surface area contributed by atoms with Crippen molar-refractivity contribution < 1.29 is 53.4 Å². The lowest BCUT2D eigenvalue weighted by atomic mass is 9.98. The zero-order valence-electron chi connectivity index (χ0n) is 23.1. The lowest BCUT2D eigenvalue weighted by Crippen LogP contribution is -2.25. The average molecular weight is 646 g/mol. The fourth-order valence-corrected chi connectivity index (χ4v) is 4.48. The number of halogens is 10. The molecule has 5 aromatic rings.